The van der Waals surface area contributed by atoms with Crippen LogP contribution in [-0.4, -0.2) is 34.3 Å². The molecule has 2 saturated heterocycles. The Bertz CT molecular complexity index is 229. The van der Waals surface area contributed by atoms with Gasteiger partial charge >= 0.3 is 0 Å². The summed E-state index contributed by atoms with van der Waals surface area (Å²) in [4.78, 5) is 24.1. The Kier molecular flexibility index (Phi) is 2.09. The fourth-order valence-electron chi connectivity index (χ4n) is 1.61. The molecule has 0 aromatic carbocycles. The summed E-state index contributed by atoms with van der Waals surface area (Å²) in [5.41, 5.74) is 0. The van der Waals surface area contributed by atoms with Crippen LogP contribution in [0.1, 0.15) is 19.3 Å². The van der Waals surface area contributed by atoms with E-state index in [-0.39, 0.29) is 17.1 Å². The van der Waals surface area contributed by atoms with Crippen LogP contribution < -0.4 is 0 Å². The van der Waals surface area contributed by atoms with Crippen LogP contribution in [-0.2, 0) is 9.59 Å². The van der Waals surface area contributed by atoms with Gasteiger partial charge in [0.2, 0.25) is 11.0 Å². The van der Waals surface area contributed by atoms with Crippen LogP contribution >= 0.6 is 11.8 Å². The van der Waals surface area contributed by atoms with Crippen LogP contribution in [0.25, 0.3) is 0 Å². The van der Waals surface area contributed by atoms with Crippen molar-refractivity contribution in [1.82, 2.24) is 4.90 Å². The summed E-state index contributed by atoms with van der Waals surface area (Å²) < 4.78 is 0. The van der Waals surface area contributed by atoms with E-state index in [1.165, 1.54) is 11.8 Å². The van der Waals surface area contributed by atoms with Gasteiger partial charge < -0.3 is 4.90 Å². The Balaban J connectivity index is 2.01. The van der Waals surface area contributed by atoms with Gasteiger partial charge in [-0.1, -0.05) is 11.8 Å². The van der Waals surface area contributed by atoms with Crippen molar-refractivity contribution in [1.29, 1.82) is 0 Å². The molecule has 2 fully saturated rings. The molecule has 0 aliphatic carbocycles. The third-order valence-corrected chi connectivity index (χ3v) is 3.45. The van der Waals surface area contributed by atoms with Crippen molar-refractivity contribution in [2.24, 2.45) is 0 Å². The maximum atomic E-state index is 11.3. The maximum Gasteiger partial charge on any atom is 0.225 e. The lowest BCUT2D eigenvalue weighted by molar-refractivity contribution is -0.146. The second-order valence-corrected chi connectivity index (χ2v) is 4.26. The average Bonchev–Trinajstić information content (AvgIpc) is 2.06. The maximum absolute atomic E-state index is 11.3. The van der Waals surface area contributed by atoms with E-state index in [0.29, 0.717) is 6.42 Å². The van der Waals surface area contributed by atoms with E-state index >= 15 is 0 Å². The molecule has 0 N–H and O–H groups in total. The zero-order valence-corrected chi connectivity index (χ0v) is 7.60. The molecule has 0 aromatic heterocycles. The number of likely N-dealkylation sites (tertiary alicyclic amines) is 1. The highest BCUT2D eigenvalue weighted by Gasteiger charge is 2.36. The first-order valence-corrected chi connectivity index (χ1v) is 5.24. The number of rotatable bonds is 1. The molecule has 66 valence electrons. The van der Waals surface area contributed by atoms with Gasteiger partial charge in [0.05, 0.1) is 0 Å². The summed E-state index contributed by atoms with van der Waals surface area (Å²) >= 11 is 1.37. The molecular formula is C8H11NO2S. The third kappa shape index (κ3) is 1.24. The van der Waals surface area contributed by atoms with Gasteiger partial charge in [-0.25, -0.2) is 0 Å². The molecular weight excluding hydrogens is 174 g/mol. The lowest BCUT2D eigenvalue weighted by Crippen LogP contribution is -2.53. The number of carbonyl (C=O) groups is 2. The minimum atomic E-state index is -0.0926. The molecule has 2 heterocycles. The first kappa shape index (κ1) is 8.10. The molecule has 0 spiro atoms. The van der Waals surface area contributed by atoms with Crippen molar-refractivity contribution in [2.45, 2.75) is 25.3 Å². The van der Waals surface area contributed by atoms with Crippen molar-refractivity contribution >= 4 is 22.8 Å². The van der Waals surface area contributed by atoms with Crippen LogP contribution in [0.15, 0.2) is 0 Å². The highest BCUT2D eigenvalue weighted by Crippen LogP contribution is 2.26. The monoisotopic (exact) mass is 185 g/mol. The number of amides is 1. The first-order chi connectivity index (χ1) is 5.79. The zero-order chi connectivity index (χ0) is 8.55. The van der Waals surface area contributed by atoms with Gasteiger partial charge in [-0.3, -0.25) is 9.59 Å². The summed E-state index contributed by atoms with van der Waals surface area (Å²) in [6.07, 6.45) is 2.57. The van der Waals surface area contributed by atoms with E-state index in [4.69, 9.17) is 0 Å². The second-order valence-electron chi connectivity index (χ2n) is 3.16. The smallest absolute Gasteiger partial charge is 0.225 e. The summed E-state index contributed by atoms with van der Waals surface area (Å²) in [6, 6.07) is -0.0926. The van der Waals surface area contributed by atoms with E-state index in [1.807, 2.05) is 0 Å². The van der Waals surface area contributed by atoms with Gasteiger partial charge in [-0.05, 0) is 12.8 Å². The number of hydrogen-bond donors (Lipinski definition) is 0. The van der Waals surface area contributed by atoms with E-state index < -0.39 is 0 Å². The highest BCUT2D eigenvalue weighted by molar-refractivity contribution is 8.13. The van der Waals surface area contributed by atoms with Crippen molar-refractivity contribution in [2.75, 3.05) is 12.3 Å². The fraction of sp³-hybridized carbons (Fsp3) is 0.750. The van der Waals surface area contributed by atoms with Crippen LogP contribution in [0.4, 0.5) is 0 Å². The topological polar surface area (TPSA) is 37.4 Å². The summed E-state index contributed by atoms with van der Waals surface area (Å²) in [5, 5.41) is 0.189. The predicted octanol–water partition coefficient (Wildman–Crippen LogP) is 0.641. The molecule has 0 radical (unpaired) electrons. The molecule has 12 heavy (non-hydrogen) atoms. The van der Waals surface area contributed by atoms with Crippen molar-refractivity contribution in [3.63, 3.8) is 0 Å². The average molecular weight is 185 g/mol. The fourth-order valence-corrected chi connectivity index (χ4v) is 2.56. The largest absolute Gasteiger partial charge is 0.331 e. The molecule has 4 heteroatoms. The van der Waals surface area contributed by atoms with Gasteiger partial charge in [0.1, 0.15) is 6.04 Å². The Morgan fingerprint density at radius 2 is 2.25 bits per heavy atom. The highest BCUT2D eigenvalue weighted by atomic mass is 32.2. The number of β-lactam (4-membered cyclic amide) rings is 1. The Labute approximate surface area is 75.5 Å². The van der Waals surface area contributed by atoms with Gasteiger partial charge in [0, 0.05) is 18.7 Å². The predicted molar refractivity (Wildman–Crippen MR) is 46.8 cm³/mol. The minimum absolute atomic E-state index is 0.0926. The Morgan fingerprint density at radius 3 is 2.75 bits per heavy atom. The van der Waals surface area contributed by atoms with E-state index in [1.54, 1.807) is 4.90 Å². The minimum Gasteiger partial charge on any atom is -0.331 e. The lowest BCUT2D eigenvalue weighted by Gasteiger charge is -2.38. The van der Waals surface area contributed by atoms with Crippen molar-refractivity contribution in [3.8, 4) is 0 Å². The summed E-state index contributed by atoms with van der Waals surface area (Å²) in [6.45, 7) is 0.788. The van der Waals surface area contributed by atoms with E-state index in [0.717, 1.165) is 25.1 Å². The summed E-state index contributed by atoms with van der Waals surface area (Å²) in [7, 11) is 0. The number of carbonyl (C=O) groups excluding carboxylic acids is 2. The molecule has 0 aromatic rings. The number of thioether (sulfide) groups is 1. The molecule has 3 nitrogen and oxygen atoms in total. The molecule has 1 atom stereocenters. The normalized spacial score (nSPS) is 30.3. The molecule has 0 bridgehead atoms. The van der Waals surface area contributed by atoms with E-state index in [9.17, 15) is 9.59 Å². The number of nitrogens with zero attached hydrogens (tertiary/aromatic N) is 1. The summed E-state index contributed by atoms with van der Waals surface area (Å²) in [5.74, 6) is 1.08. The first-order valence-electron chi connectivity index (χ1n) is 4.25. The zero-order valence-electron chi connectivity index (χ0n) is 6.78. The quantitative estimate of drug-likeness (QED) is 0.563. The van der Waals surface area contributed by atoms with Crippen LogP contribution in [0.2, 0.25) is 0 Å². The second kappa shape index (κ2) is 3.09. The van der Waals surface area contributed by atoms with Crippen LogP contribution in [0.3, 0.4) is 0 Å². The van der Waals surface area contributed by atoms with Gasteiger partial charge in [-0.15, -0.1) is 0 Å². The molecule has 2 aliphatic heterocycles. The number of hydrogen-bond acceptors (Lipinski definition) is 3. The van der Waals surface area contributed by atoms with Gasteiger partial charge in [-0.2, -0.15) is 0 Å². The SMILES string of the molecule is O=C1SCCCC1N1CCC1=O. The molecule has 0 saturated carbocycles. The van der Waals surface area contributed by atoms with Gasteiger partial charge in [0.15, 0.2) is 0 Å². The van der Waals surface area contributed by atoms with E-state index in [2.05, 4.69) is 0 Å². The van der Waals surface area contributed by atoms with Crippen molar-refractivity contribution in [3.05, 3.63) is 0 Å². The Hall–Kier alpha value is -0.510. The van der Waals surface area contributed by atoms with Crippen LogP contribution in [0, 0.1) is 0 Å². The Morgan fingerprint density at radius 1 is 1.42 bits per heavy atom. The molecule has 1 unspecified atom stereocenters. The van der Waals surface area contributed by atoms with Crippen molar-refractivity contribution < 1.29 is 9.59 Å². The third-order valence-electron chi connectivity index (χ3n) is 2.40. The standard InChI is InChI=1S/C8H11NO2S/c10-7-3-4-9(7)6-2-1-5-12-8(6)11/h6H,1-5H2. The van der Waals surface area contributed by atoms with Crippen LogP contribution in [0.5, 0.6) is 0 Å². The molecule has 1 amide bonds. The molecule has 2 aliphatic rings. The van der Waals surface area contributed by atoms with Gasteiger partial charge in [0.25, 0.3) is 0 Å². The molecule has 2 rings (SSSR count). The lowest BCUT2D eigenvalue weighted by atomic mass is 10.1.